The number of likely N-dealkylation sites (N-methyl/N-ethyl adjacent to an activating group) is 1. The second-order valence-electron chi connectivity index (χ2n) is 7.49. The molecule has 3 N–H and O–H groups in total. The van der Waals surface area contributed by atoms with Gasteiger partial charge in [0.05, 0.1) is 16.3 Å². The van der Waals surface area contributed by atoms with Gasteiger partial charge >= 0.3 is 6.03 Å². The van der Waals surface area contributed by atoms with Gasteiger partial charge in [0.25, 0.3) is 0 Å². The zero-order valence-electron chi connectivity index (χ0n) is 15.1. The van der Waals surface area contributed by atoms with Crippen molar-refractivity contribution >= 4 is 17.4 Å². The van der Waals surface area contributed by atoms with Gasteiger partial charge in [-0.2, -0.15) is 0 Å². The second kappa shape index (κ2) is 8.08. The fourth-order valence-electron chi connectivity index (χ4n) is 2.14. The molecule has 1 aromatic heterocycles. The summed E-state index contributed by atoms with van der Waals surface area (Å²) >= 11 is 1.66. The number of carbonyl (C=O) groups excluding carboxylic acids is 1. The molecule has 6 nitrogen and oxygen atoms in total. The van der Waals surface area contributed by atoms with E-state index in [2.05, 4.69) is 36.4 Å². The van der Waals surface area contributed by atoms with Gasteiger partial charge in [0.1, 0.15) is 0 Å². The molecule has 7 heteroatoms. The Bertz CT molecular complexity index is 506. The van der Waals surface area contributed by atoms with Crippen molar-refractivity contribution in [2.24, 2.45) is 0 Å². The number of hydrogen-bond donors (Lipinski definition) is 3. The van der Waals surface area contributed by atoms with Crippen LogP contribution in [0, 0.1) is 0 Å². The lowest BCUT2D eigenvalue weighted by Crippen LogP contribution is -2.49. The smallest absolute Gasteiger partial charge is 0.314 e. The molecule has 23 heavy (non-hydrogen) atoms. The third-order valence-electron chi connectivity index (χ3n) is 3.15. The average Bonchev–Trinajstić information content (AvgIpc) is 2.84. The van der Waals surface area contributed by atoms with Gasteiger partial charge in [-0.15, -0.1) is 11.3 Å². The molecule has 0 fully saturated rings. The molecule has 1 unspecified atom stereocenters. The number of rotatable bonds is 7. The van der Waals surface area contributed by atoms with Crippen LogP contribution in [0.3, 0.4) is 0 Å². The van der Waals surface area contributed by atoms with Crippen molar-refractivity contribution in [2.45, 2.75) is 45.1 Å². The Morgan fingerprint density at radius 2 is 1.96 bits per heavy atom. The van der Waals surface area contributed by atoms with Gasteiger partial charge in [0.2, 0.25) is 0 Å². The van der Waals surface area contributed by atoms with E-state index in [-0.39, 0.29) is 18.0 Å². The molecule has 1 heterocycles. The third-order valence-corrected chi connectivity index (χ3v) is 4.46. The first kappa shape index (κ1) is 19.9. The van der Waals surface area contributed by atoms with Crippen molar-refractivity contribution in [3.05, 3.63) is 16.1 Å². The molecule has 0 aliphatic rings. The number of nitrogens with one attached hydrogen (secondary N) is 2. The van der Waals surface area contributed by atoms with E-state index in [1.54, 1.807) is 18.3 Å². The summed E-state index contributed by atoms with van der Waals surface area (Å²) in [5.41, 5.74) is 0.114. The van der Waals surface area contributed by atoms with Crippen LogP contribution in [-0.4, -0.2) is 60.4 Å². The summed E-state index contributed by atoms with van der Waals surface area (Å²) in [6.45, 7) is 9.35. The van der Waals surface area contributed by atoms with Crippen molar-refractivity contribution in [1.82, 2.24) is 20.5 Å². The lowest BCUT2D eigenvalue weighted by molar-refractivity contribution is 0.0360. The highest BCUT2D eigenvalue weighted by molar-refractivity contribution is 7.09. The summed E-state index contributed by atoms with van der Waals surface area (Å²) in [4.78, 5) is 18.2. The SMILES string of the molecule is CN(C)CC(C)(O)CNC(=O)NCCc1csc(C(C)(C)C)n1. The molecule has 0 bridgehead atoms. The van der Waals surface area contributed by atoms with E-state index in [0.717, 1.165) is 10.7 Å². The molecule has 1 aromatic rings. The van der Waals surface area contributed by atoms with E-state index >= 15 is 0 Å². The first-order valence-corrected chi connectivity index (χ1v) is 8.71. The topological polar surface area (TPSA) is 77.5 Å². The van der Waals surface area contributed by atoms with Gasteiger partial charge in [-0.3, -0.25) is 0 Å². The Morgan fingerprint density at radius 3 is 2.48 bits per heavy atom. The summed E-state index contributed by atoms with van der Waals surface area (Å²) in [6, 6.07) is -0.268. The fourth-order valence-corrected chi connectivity index (χ4v) is 3.08. The van der Waals surface area contributed by atoms with Crippen LogP contribution in [0.1, 0.15) is 38.4 Å². The fraction of sp³-hybridized carbons (Fsp3) is 0.750. The number of amides is 2. The lowest BCUT2D eigenvalue weighted by atomic mass is 9.98. The van der Waals surface area contributed by atoms with Gasteiger partial charge in [-0.05, 0) is 21.0 Å². The highest BCUT2D eigenvalue weighted by Gasteiger charge is 2.22. The quantitative estimate of drug-likeness (QED) is 0.703. The Morgan fingerprint density at radius 1 is 1.30 bits per heavy atom. The van der Waals surface area contributed by atoms with Crippen LogP contribution < -0.4 is 10.6 Å². The molecule has 0 aromatic carbocycles. The normalized spacial score (nSPS) is 14.6. The molecule has 2 amide bonds. The molecule has 0 spiro atoms. The lowest BCUT2D eigenvalue weighted by Gasteiger charge is -2.27. The van der Waals surface area contributed by atoms with Crippen LogP contribution in [0.25, 0.3) is 0 Å². The summed E-state index contributed by atoms with van der Waals surface area (Å²) in [5, 5.41) is 18.8. The molecule has 1 rings (SSSR count). The number of urea groups is 1. The predicted molar refractivity (Wildman–Crippen MR) is 95.1 cm³/mol. The van der Waals surface area contributed by atoms with Crippen LogP contribution >= 0.6 is 11.3 Å². The Hall–Kier alpha value is -1.18. The van der Waals surface area contributed by atoms with E-state index in [4.69, 9.17) is 0 Å². The highest BCUT2D eigenvalue weighted by Crippen LogP contribution is 2.25. The predicted octanol–water partition coefficient (Wildman–Crippen LogP) is 1.59. The summed E-state index contributed by atoms with van der Waals surface area (Å²) in [7, 11) is 3.77. The summed E-state index contributed by atoms with van der Waals surface area (Å²) < 4.78 is 0. The van der Waals surface area contributed by atoms with Crippen molar-refractivity contribution in [2.75, 3.05) is 33.7 Å². The van der Waals surface area contributed by atoms with Gasteiger partial charge < -0.3 is 20.6 Å². The number of hydrogen-bond acceptors (Lipinski definition) is 5. The van der Waals surface area contributed by atoms with E-state index in [9.17, 15) is 9.90 Å². The molecular formula is C16H30N4O2S. The minimum Gasteiger partial charge on any atom is -0.387 e. The van der Waals surface area contributed by atoms with Crippen molar-refractivity contribution in [1.29, 1.82) is 0 Å². The summed E-state index contributed by atoms with van der Waals surface area (Å²) in [5.74, 6) is 0. The third kappa shape index (κ3) is 7.76. The van der Waals surface area contributed by atoms with Crippen molar-refractivity contribution < 1.29 is 9.90 Å². The van der Waals surface area contributed by atoms with Gasteiger partial charge in [-0.25, -0.2) is 9.78 Å². The first-order chi connectivity index (χ1) is 10.5. The maximum Gasteiger partial charge on any atom is 0.314 e. The van der Waals surface area contributed by atoms with Gasteiger partial charge in [0, 0.05) is 36.9 Å². The van der Waals surface area contributed by atoms with Crippen LogP contribution in [0.15, 0.2) is 5.38 Å². The number of nitrogens with zero attached hydrogens (tertiary/aromatic N) is 2. The van der Waals surface area contributed by atoms with Crippen molar-refractivity contribution in [3.8, 4) is 0 Å². The molecule has 0 aliphatic heterocycles. The van der Waals surface area contributed by atoms with Gasteiger partial charge in [-0.1, -0.05) is 20.8 Å². The Labute approximate surface area is 143 Å². The maximum atomic E-state index is 11.8. The molecular weight excluding hydrogens is 312 g/mol. The zero-order chi connectivity index (χ0) is 17.7. The van der Waals surface area contributed by atoms with E-state index < -0.39 is 5.60 Å². The van der Waals surface area contributed by atoms with E-state index in [1.165, 1.54) is 0 Å². The Balaban J connectivity index is 2.30. The van der Waals surface area contributed by atoms with Crippen LogP contribution in [0.4, 0.5) is 4.79 Å². The van der Waals surface area contributed by atoms with Crippen LogP contribution in [0.5, 0.6) is 0 Å². The average molecular weight is 343 g/mol. The minimum atomic E-state index is -0.947. The highest BCUT2D eigenvalue weighted by atomic mass is 32.1. The number of aliphatic hydroxyl groups is 1. The molecule has 0 saturated carbocycles. The van der Waals surface area contributed by atoms with E-state index in [1.807, 2.05) is 24.4 Å². The Kier molecular flexibility index (Phi) is 6.98. The molecule has 0 saturated heterocycles. The monoisotopic (exact) mass is 342 g/mol. The van der Waals surface area contributed by atoms with Crippen LogP contribution in [-0.2, 0) is 11.8 Å². The standard InChI is InChI=1S/C16H30N4O2S/c1-15(2,3)13-19-12(9-23-13)7-8-17-14(21)18-10-16(4,22)11-20(5)6/h9,22H,7-8,10-11H2,1-6H3,(H2,17,18,21). The van der Waals surface area contributed by atoms with Crippen molar-refractivity contribution in [3.63, 3.8) is 0 Å². The largest absolute Gasteiger partial charge is 0.387 e. The van der Waals surface area contributed by atoms with Crippen LogP contribution in [0.2, 0.25) is 0 Å². The molecule has 0 radical (unpaired) electrons. The van der Waals surface area contributed by atoms with Gasteiger partial charge in [0.15, 0.2) is 0 Å². The second-order valence-corrected chi connectivity index (χ2v) is 8.35. The summed E-state index contributed by atoms with van der Waals surface area (Å²) in [6.07, 6.45) is 0.702. The first-order valence-electron chi connectivity index (χ1n) is 7.83. The molecule has 1 atom stereocenters. The number of thiazole rings is 1. The van der Waals surface area contributed by atoms with E-state index in [0.29, 0.717) is 19.5 Å². The maximum absolute atomic E-state index is 11.8. The molecule has 0 aliphatic carbocycles. The minimum absolute atomic E-state index is 0.0613. The molecule has 132 valence electrons. The zero-order valence-corrected chi connectivity index (χ0v) is 15.9. The number of aromatic nitrogens is 1. The number of carbonyl (C=O) groups is 1.